The molecule has 10 aromatic rings. The minimum Gasteiger partial charge on any atom is -0.456 e. The van der Waals surface area contributed by atoms with Crippen molar-refractivity contribution in [2.24, 2.45) is 0 Å². The zero-order valence-corrected chi connectivity index (χ0v) is 35.4. The van der Waals surface area contributed by atoms with Gasteiger partial charge in [0.25, 0.3) is 0 Å². The molecule has 0 saturated carbocycles. The lowest BCUT2D eigenvalue weighted by atomic mass is 9.74. The molecule has 0 spiro atoms. The van der Waals surface area contributed by atoms with Crippen molar-refractivity contribution < 1.29 is 8.83 Å². The second-order valence-corrected chi connectivity index (χ2v) is 18.7. The molecule has 2 nitrogen and oxygen atoms in total. The minimum atomic E-state index is -0.258. The van der Waals surface area contributed by atoms with Gasteiger partial charge in [-0.1, -0.05) is 143 Å². The van der Waals surface area contributed by atoms with Gasteiger partial charge in [0.1, 0.15) is 22.3 Å². The summed E-state index contributed by atoms with van der Waals surface area (Å²) in [6.07, 6.45) is 4.54. The highest BCUT2D eigenvalue weighted by Crippen LogP contribution is 2.62. The smallest absolute Gasteiger partial charge is 0.135 e. The van der Waals surface area contributed by atoms with Crippen molar-refractivity contribution in [1.82, 2.24) is 0 Å². The Bertz CT molecular complexity index is 3620. The molecular formula is C60H44O2. The lowest BCUT2D eigenvalue weighted by Gasteiger charge is -2.29. The van der Waals surface area contributed by atoms with E-state index in [2.05, 4.69) is 185 Å². The number of hydrogen-bond acceptors (Lipinski definition) is 2. The van der Waals surface area contributed by atoms with E-state index in [4.69, 9.17) is 8.83 Å². The highest BCUT2D eigenvalue weighted by molar-refractivity contribution is 6.08. The molecule has 0 bridgehead atoms. The number of rotatable bonds is 4. The van der Waals surface area contributed by atoms with Crippen LogP contribution in [0, 0.1) is 0 Å². The summed E-state index contributed by atoms with van der Waals surface area (Å²) in [5, 5.41) is 4.67. The molecule has 0 radical (unpaired) electrons. The van der Waals surface area contributed by atoms with Crippen LogP contribution in [0.5, 0.6) is 0 Å². The third-order valence-corrected chi connectivity index (χ3v) is 14.6. The maximum absolute atomic E-state index is 6.24. The Labute approximate surface area is 361 Å². The zero-order valence-electron chi connectivity index (χ0n) is 35.4. The fourth-order valence-electron chi connectivity index (χ4n) is 11.5. The second-order valence-electron chi connectivity index (χ2n) is 18.7. The molecule has 2 heteroatoms. The summed E-state index contributed by atoms with van der Waals surface area (Å²) in [6.45, 7) is 9.82. The SMILES string of the molecule is CC1(C)C2=C(CCC(c3ccc4oc5ccccc5c4c3)=C2)c2c1cc(-c1cccc(-c3ccccc3)c1)c1c2-c2ccc(-c3ccc4oc5ccccc5c4c3)cc2C1(C)C. The maximum atomic E-state index is 6.24. The first-order valence-electron chi connectivity index (χ1n) is 22.0. The number of benzene rings is 8. The van der Waals surface area contributed by atoms with E-state index >= 15 is 0 Å². The van der Waals surface area contributed by atoms with Gasteiger partial charge in [-0.25, -0.2) is 0 Å². The molecule has 13 rings (SSSR count). The van der Waals surface area contributed by atoms with Crippen molar-refractivity contribution in [3.8, 4) is 44.5 Å². The highest BCUT2D eigenvalue weighted by atomic mass is 16.3. The second kappa shape index (κ2) is 12.7. The largest absolute Gasteiger partial charge is 0.456 e. The van der Waals surface area contributed by atoms with Crippen LogP contribution in [-0.2, 0) is 10.8 Å². The fraction of sp³-hybridized carbons (Fsp3) is 0.133. The van der Waals surface area contributed by atoms with Crippen LogP contribution in [0.1, 0.15) is 68.4 Å². The standard InChI is InChI=1S/C60H44O2/c1-59(2)49-32-39(37-23-27-54-47(30-37)42-17-8-10-19-52(42)61-54)21-25-44(49)56-51(59)34-46(41-16-12-15-36(29-41)35-13-6-5-7-14-35)58-57(56)45-26-22-40(33-50(45)60(58,3)4)38-24-28-55-48(31-38)43-18-9-11-20-53(43)62-55/h5-20,22-24,26-34H,21,25H2,1-4H3. The van der Waals surface area contributed by atoms with Crippen molar-refractivity contribution >= 4 is 55.0 Å². The monoisotopic (exact) mass is 796 g/mol. The first-order valence-corrected chi connectivity index (χ1v) is 22.0. The number of para-hydroxylation sites is 2. The number of furan rings is 2. The van der Waals surface area contributed by atoms with Gasteiger partial charge in [0, 0.05) is 32.4 Å². The zero-order chi connectivity index (χ0) is 41.5. The van der Waals surface area contributed by atoms with Crippen molar-refractivity contribution in [2.75, 3.05) is 0 Å². The molecule has 2 heterocycles. The van der Waals surface area contributed by atoms with Gasteiger partial charge in [-0.3, -0.25) is 0 Å². The van der Waals surface area contributed by atoms with Crippen LogP contribution in [0.15, 0.2) is 184 Å². The Morgan fingerprint density at radius 1 is 0.387 bits per heavy atom. The van der Waals surface area contributed by atoms with Crippen LogP contribution in [-0.4, -0.2) is 0 Å². The molecule has 8 aromatic carbocycles. The van der Waals surface area contributed by atoms with E-state index < -0.39 is 0 Å². The maximum Gasteiger partial charge on any atom is 0.135 e. The van der Waals surface area contributed by atoms with Crippen LogP contribution >= 0.6 is 0 Å². The van der Waals surface area contributed by atoms with Gasteiger partial charge in [-0.2, -0.15) is 0 Å². The molecule has 0 saturated heterocycles. The summed E-state index contributed by atoms with van der Waals surface area (Å²) in [4.78, 5) is 0. The summed E-state index contributed by atoms with van der Waals surface area (Å²) < 4.78 is 12.5. The van der Waals surface area contributed by atoms with Gasteiger partial charge in [-0.05, 0) is 156 Å². The third kappa shape index (κ3) is 4.98. The Kier molecular flexibility index (Phi) is 7.28. The topological polar surface area (TPSA) is 26.3 Å². The van der Waals surface area contributed by atoms with E-state index in [1.54, 1.807) is 0 Å². The fourth-order valence-corrected chi connectivity index (χ4v) is 11.5. The summed E-state index contributed by atoms with van der Waals surface area (Å²) in [6, 6.07) is 60.1. The van der Waals surface area contributed by atoms with Gasteiger partial charge < -0.3 is 8.83 Å². The Morgan fingerprint density at radius 3 is 1.71 bits per heavy atom. The van der Waals surface area contributed by atoms with Gasteiger partial charge >= 0.3 is 0 Å². The van der Waals surface area contributed by atoms with Crippen molar-refractivity contribution in [3.05, 3.63) is 203 Å². The summed E-state index contributed by atoms with van der Waals surface area (Å²) in [5.74, 6) is 0. The van der Waals surface area contributed by atoms with Crippen LogP contribution in [0.2, 0.25) is 0 Å². The van der Waals surface area contributed by atoms with Crippen molar-refractivity contribution in [1.29, 1.82) is 0 Å². The molecule has 3 aliphatic carbocycles. The molecule has 0 aliphatic heterocycles. The summed E-state index contributed by atoms with van der Waals surface area (Å²) >= 11 is 0. The molecular weight excluding hydrogens is 753 g/mol. The summed E-state index contributed by atoms with van der Waals surface area (Å²) in [7, 11) is 0. The van der Waals surface area contributed by atoms with Gasteiger partial charge in [0.15, 0.2) is 0 Å². The molecule has 2 aromatic heterocycles. The predicted octanol–water partition coefficient (Wildman–Crippen LogP) is 16.7. The van der Waals surface area contributed by atoms with Crippen LogP contribution in [0.3, 0.4) is 0 Å². The molecule has 0 N–H and O–H groups in total. The third-order valence-electron chi connectivity index (χ3n) is 14.6. The average Bonchev–Trinajstić information content (AvgIpc) is 4.00. The Morgan fingerprint density at radius 2 is 0.968 bits per heavy atom. The van der Waals surface area contributed by atoms with Gasteiger partial charge in [0.2, 0.25) is 0 Å². The first-order chi connectivity index (χ1) is 30.2. The summed E-state index contributed by atoms with van der Waals surface area (Å²) in [5.41, 5.74) is 24.9. The van der Waals surface area contributed by atoms with E-state index in [0.717, 1.165) is 45.9 Å². The molecule has 0 atom stereocenters. The molecule has 0 amide bonds. The van der Waals surface area contributed by atoms with E-state index in [1.807, 2.05) is 12.1 Å². The quantitative estimate of drug-likeness (QED) is 0.177. The number of hydrogen-bond donors (Lipinski definition) is 0. The van der Waals surface area contributed by atoms with Gasteiger partial charge in [-0.15, -0.1) is 0 Å². The van der Waals surface area contributed by atoms with Gasteiger partial charge in [0.05, 0.1) is 0 Å². The first kappa shape index (κ1) is 35.6. The van der Waals surface area contributed by atoms with Crippen LogP contribution in [0.4, 0.5) is 0 Å². The lowest BCUT2D eigenvalue weighted by Crippen LogP contribution is -2.19. The molecule has 0 fully saturated rings. The lowest BCUT2D eigenvalue weighted by molar-refractivity contribution is 0.646. The molecule has 296 valence electrons. The minimum absolute atomic E-state index is 0.195. The predicted molar refractivity (Wildman–Crippen MR) is 258 cm³/mol. The molecule has 3 aliphatic rings. The van der Waals surface area contributed by atoms with E-state index in [1.165, 1.54) is 99.8 Å². The molecule has 0 unspecified atom stereocenters. The number of fused-ring (bicyclic) bond motifs is 12. The highest BCUT2D eigenvalue weighted by Gasteiger charge is 2.46. The Balaban J connectivity index is 1.01. The van der Waals surface area contributed by atoms with E-state index in [9.17, 15) is 0 Å². The van der Waals surface area contributed by atoms with E-state index in [0.29, 0.717) is 0 Å². The number of allylic oxidation sites excluding steroid dienone is 4. The van der Waals surface area contributed by atoms with Crippen LogP contribution in [0.25, 0.3) is 99.5 Å². The molecule has 62 heavy (non-hydrogen) atoms. The average molecular weight is 797 g/mol. The van der Waals surface area contributed by atoms with Crippen LogP contribution < -0.4 is 0 Å². The van der Waals surface area contributed by atoms with E-state index in [-0.39, 0.29) is 10.8 Å². The van der Waals surface area contributed by atoms with Crippen molar-refractivity contribution in [3.63, 3.8) is 0 Å². The Hall–Kier alpha value is -7.16. The van der Waals surface area contributed by atoms with Crippen molar-refractivity contribution in [2.45, 2.75) is 51.4 Å². The normalized spacial score (nSPS) is 15.9.